The van der Waals surface area contributed by atoms with E-state index in [9.17, 15) is 9.18 Å². The summed E-state index contributed by atoms with van der Waals surface area (Å²) >= 11 is 0. The molecular weight excluding hydrogens is 219 g/mol. The number of amides is 1. The molecule has 4 heteroatoms. The Labute approximate surface area is 101 Å². The molecule has 92 valence electrons. The minimum absolute atomic E-state index is 0.0207. The van der Waals surface area contributed by atoms with Gasteiger partial charge in [0.15, 0.2) is 0 Å². The van der Waals surface area contributed by atoms with Gasteiger partial charge in [-0.1, -0.05) is 12.1 Å². The Morgan fingerprint density at radius 3 is 2.76 bits per heavy atom. The topological polar surface area (TPSA) is 32.3 Å². The van der Waals surface area contributed by atoms with Crippen molar-refractivity contribution in [3.8, 4) is 0 Å². The van der Waals surface area contributed by atoms with Crippen molar-refractivity contribution in [1.29, 1.82) is 0 Å². The zero-order valence-corrected chi connectivity index (χ0v) is 10.1. The van der Waals surface area contributed by atoms with Crippen LogP contribution in [0.15, 0.2) is 24.3 Å². The molecule has 0 radical (unpaired) electrons. The fourth-order valence-corrected chi connectivity index (χ4v) is 2.29. The smallest absolute Gasteiger partial charge is 0.231 e. The van der Waals surface area contributed by atoms with Gasteiger partial charge < -0.3 is 10.2 Å². The number of halogens is 1. The maximum atomic E-state index is 13.6. The summed E-state index contributed by atoms with van der Waals surface area (Å²) in [6.07, 6.45) is 0.818. The van der Waals surface area contributed by atoms with E-state index in [1.165, 1.54) is 11.0 Å². The van der Waals surface area contributed by atoms with Crippen molar-refractivity contribution >= 4 is 11.6 Å². The number of anilines is 1. The van der Waals surface area contributed by atoms with Crippen LogP contribution in [0.5, 0.6) is 0 Å². The molecule has 0 bridgehead atoms. The maximum Gasteiger partial charge on any atom is 0.231 e. The molecule has 0 aliphatic carbocycles. The third kappa shape index (κ3) is 2.31. The van der Waals surface area contributed by atoms with Gasteiger partial charge in [-0.25, -0.2) is 4.39 Å². The summed E-state index contributed by atoms with van der Waals surface area (Å²) in [7, 11) is 1.63. The number of carbonyl (C=O) groups excluding carboxylic acids is 1. The second kappa shape index (κ2) is 4.84. The minimum Gasteiger partial charge on any atom is -0.313 e. The van der Waals surface area contributed by atoms with Gasteiger partial charge in [0, 0.05) is 13.1 Å². The molecule has 3 nitrogen and oxygen atoms in total. The zero-order valence-electron chi connectivity index (χ0n) is 10.1. The standard InChI is InChI=1S/C13H17FN2O/c1-9-10(7-8-15-9)13(17)16(2)12-6-4-3-5-11(12)14/h3-6,9-10,15H,7-8H2,1-2H3. The zero-order chi connectivity index (χ0) is 12.4. The van der Waals surface area contributed by atoms with Gasteiger partial charge in [0.2, 0.25) is 5.91 Å². The summed E-state index contributed by atoms with van der Waals surface area (Å²) in [5.41, 5.74) is 0.344. The number of nitrogens with zero attached hydrogens (tertiary/aromatic N) is 1. The average Bonchev–Trinajstić information content (AvgIpc) is 2.74. The van der Waals surface area contributed by atoms with Crippen LogP contribution in [-0.4, -0.2) is 25.5 Å². The van der Waals surface area contributed by atoms with Gasteiger partial charge in [-0.2, -0.15) is 0 Å². The first kappa shape index (κ1) is 12.0. The van der Waals surface area contributed by atoms with Crippen LogP contribution >= 0.6 is 0 Å². The highest BCUT2D eigenvalue weighted by atomic mass is 19.1. The van der Waals surface area contributed by atoms with E-state index in [-0.39, 0.29) is 23.7 Å². The predicted octanol–water partition coefficient (Wildman–Crippen LogP) is 1.79. The molecule has 2 rings (SSSR count). The van der Waals surface area contributed by atoms with Crippen molar-refractivity contribution in [3.63, 3.8) is 0 Å². The maximum absolute atomic E-state index is 13.6. The summed E-state index contributed by atoms with van der Waals surface area (Å²) in [6.45, 7) is 2.84. The van der Waals surface area contributed by atoms with Crippen LogP contribution in [0.4, 0.5) is 10.1 Å². The molecule has 1 N–H and O–H groups in total. The number of hydrogen-bond donors (Lipinski definition) is 1. The normalized spacial score (nSPS) is 23.7. The molecule has 1 aliphatic rings. The summed E-state index contributed by atoms with van der Waals surface area (Å²) in [5, 5.41) is 3.23. The van der Waals surface area contributed by atoms with Crippen LogP contribution in [0, 0.1) is 11.7 Å². The van der Waals surface area contributed by atoms with Crippen molar-refractivity contribution in [2.24, 2.45) is 5.92 Å². The molecule has 1 amide bonds. The predicted molar refractivity (Wildman–Crippen MR) is 65.4 cm³/mol. The van der Waals surface area contributed by atoms with Crippen molar-refractivity contribution in [2.45, 2.75) is 19.4 Å². The second-order valence-electron chi connectivity index (χ2n) is 4.49. The molecular formula is C13H17FN2O. The first-order valence-corrected chi connectivity index (χ1v) is 5.86. The molecule has 1 heterocycles. The molecule has 1 fully saturated rings. The van der Waals surface area contributed by atoms with Gasteiger partial charge in [-0.3, -0.25) is 4.79 Å². The van der Waals surface area contributed by atoms with Crippen LogP contribution in [0.1, 0.15) is 13.3 Å². The van der Waals surface area contributed by atoms with Crippen LogP contribution < -0.4 is 10.2 Å². The Bertz CT molecular complexity index is 422. The van der Waals surface area contributed by atoms with E-state index >= 15 is 0 Å². The number of rotatable bonds is 2. The fourth-order valence-electron chi connectivity index (χ4n) is 2.29. The van der Waals surface area contributed by atoms with E-state index < -0.39 is 0 Å². The monoisotopic (exact) mass is 236 g/mol. The third-order valence-corrected chi connectivity index (χ3v) is 3.39. The highest BCUT2D eigenvalue weighted by Crippen LogP contribution is 2.23. The van der Waals surface area contributed by atoms with E-state index in [1.807, 2.05) is 6.92 Å². The summed E-state index contributed by atoms with van der Waals surface area (Å²) < 4.78 is 13.6. The van der Waals surface area contributed by atoms with E-state index in [4.69, 9.17) is 0 Å². The van der Waals surface area contributed by atoms with E-state index in [2.05, 4.69) is 5.32 Å². The summed E-state index contributed by atoms with van der Waals surface area (Å²) in [4.78, 5) is 13.6. The molecule has 17 heavy (non-hydrogen) atoms. The SMILES string of the molecule is CC1NCCC1C(=O)N(C)c1ccccc1F. The number of nitrogens with one attached hydrogen (secondary N) is 1. The average molecular weight is 236 g/mol. The fraction of sp³-hybridized carbons (Fsp3) is 0.462. The van der Waals surface area contributed by atoms with Gasteiger partial charge in [0.05, 0.1) is 11.6 Å². The Balaban J connectivity index is 2.17. The molecule has 0 spiro atoms. The summed E-state index contributed by atoms with van der Waals surface area (Å²) in [6, 6.07) is 6.52. The quantitative estimate of drug-likeness (QED) is 0.849. The number of hydrogen-bond acceptors (Lipinski definition) is 2. The number of para-hydroxylation sites is 1. The Hall–Kier alpha value is -1.42. The lowest BCUT2D eigenvalue weighted by atomic mass is 10.0. The minimum atomic E-state index is -0.359. The second-order valence-corrected chi connectivity index (χ2v) is 4.49. The lowest BCUT2D eigenvalue weighted by Crippen LogP contribution is -2.38. The van der Waals surface area contributed by atoms with Gasteiger partial charge in [0.25, 0.3) is 0 Å². The van der Waals surface area contributed by atoms with E-state index in [0.29, 0.717) is 5.69 Å². The van der Waals surface area contributed by atoms with Gasteiger partial charge in [-0.05, 0) is 32.0 Å². The van der Waals surface area contributed by atoms with Crippen molar-refractivity contribution in [3.05, 3.63) is 30.1 Å². The molecule has 1 aliphatic heterocycles. The first-order chi connectivity index (χ1) is 8.11. The summed E-state index contributed by atoms with van der Waals surface area (Å²) in [5.74, 6) is -0.436. The highest BCUT2D eigenvalue weighted by Gasteiger charge is 2.32. The van der Waals surface area contributed by atoms with Crippen molar-refractivity contribution in [2.75, 3.05) is 18.5 Å². The third-order valence-electron chi connectivity index (χ3n) is 3.39. The lowest BCUT2D eigenvalue weighted by molar-refractivity contribution is -0.122. The van der Waals surface area contributed by atoms with Crippen LogP contribution in [0.25, 0.3) is 0 Å². The van der Waals surface area contributed by atoms with Crippen molar-refractivity contribution in [1.82, 2.24) is 5.32 Å². The molecule has 0 saturated carbocycles. The molecule has 1 aromatic carbocycles. The highest BCUT2D eigenvalue weighted by molar-refractivity contribution is 5.95. The molecule has 2 unspecified atom stereocenters. The van der Waals surface area contributed by atoms with Crippen LogP contribution in [-0.2, 0) is 4.79 Å². The Morgan fingerprint density at radius 1 is 1.47 bits per heavy atom. The molecule has 2 atom stereocenters. The van der Waals surface area contributed by atoms with Gasteiger partial charge >= 0.3 is 0 Å². The Kier molecular flexibility index (Phi) is 3.43. The lowest BCUT2D eigenvalue weighted by Gasteiger charge is -2.23. The van der Waals surface area contributed by atoms with E-state index in [1.54, 1.807) is 25.2 Å². The van der Waals surface area contributed by atoms with Gasteiger partial charge in [0.1, 0.15) is 5.82 Å². The largest absolute Gasteiger partial charge is 0.313 e. The molecule has 1 saturated heterocycles. The molecule has 0 aromatic heterocycles. The van der Waals surface area contributed by atoms with Crippen LogP contribution in [0.2, 0.25) is 0 Å². The van der Waals surface area contributed by atoms with Gasteiger partial charge in [-0.15, -0.1) is 0 Å². The molecule has 1 aromatic rings. The van der Waals surface area contributed by atoms with E-state index in [0.717, 1.165) is 13.0 Å². The van der Waals surface area contributed by atoms with Crippen molar-refractivity contribution < 1.29 is 9.18 Å². The Morgan fingerprint density at radius 2 is 2.18 bits per heavy atom. The van der Waals surface area contributed by atoms with Crippen LogP contribution in [0.3, 0.4) is 0 Å². The number of carbonyl (C=O) groups is 1. The first-order valence-electron chi connectivity index (χ1n) is 5.86. The number of benzene rings is 1.